The van der Waals surface area contributed by atoms with E-state index in [0.29, 0.717) is 30.2 Å². The maximum Gasteiger partial charge on any atom is 0.191 e. The maximum absolute atomic E-state index is 13.6. The highest BCUT2D eigenvalue weighted by atomic mass is 19.1. The summed E-state index contributed by atoms with van der Waals surface area (Å²) in [7, 11) is 1.72. The fourth-order valence-corrected chi connectivity index (χ4v) is 2.80. The quantitative estimate of drug-likeness (QED) is 0.639. The molecular formula is C17H27FN4O. The molecule has 5 nitrogen and oxygen atoms in total. The fourth-order valence-electron chi connectivity index (χ4n) is 2.80. The Morgan fingerprint density at radius 1 is 1.43 bits per heavy atom. The molecule has 0 saturated carbocycles. The largest absolute Gasteiger partial charge is 0.379 e. The number of hydrogen-bond acceptors (Lipinski definition) is 3. The Bertz CT molecular complexity index is 523. The zero-order chi connectivity index (χ0) is 16.7. The molecule has 6 heteroatoms. The van der Waals surface area contributed by atoms with Crippen LogP contribution in [0.4, 0.5) is 4.39 Å². The Kier molecular flexibility index (Phi) is 6.80. The average Bonchev–Trinajstić information content (AvgIpc) is 2.56. The number of benzene rings is 1. The summed E-state index contributed by atoms with van der Waals surface area (Å²) in [6, 6.07) is 7.56. The van der Waals surface area contributed by atoms with Gasteiger partial charge in [0.1, 0.15) is 5.82 Å². The monoisotopic (exact) mass is 322 g/mol. The lowest BCUT2D eigenvalue weighted by Crippen LogP contribution is -2.53. The van der Waals surface area contributed by atoms with Gasteiger partial charge in [-0.2, -0.15) is 0 Å². The normalized spacial score (nSPS) is 21.0. The molecule has 1 fully saturated rings. The van der Waals surface area contributed by atoms with E-state index < -0.39 is 0 Å². The van der Waals surface area contributed by atoms with Crippen molar-refractivity contribution in [3.8, 4) is 0 Å². The van der Waals surface area contributed by atoms with E-state index in [1.165, 1.54) is 6.07 Å². The van der Waals surface area contributed by atoms with Crippen LogP contribution in [0, 0.1) is 5.82 Å². The lowest BCUT2D eigenvalue weighted by atomic mass is 10.2. The predicted octanol–water partition coefficient (Wildman–Crippen LogP) is 1.60. The average molecular weight is 322 g/mol. The molecule has 1 aromatic carbocycles. The van der Waals surface area contributed by atoms with Crippen LogP contribution in [0.5, 0.6) is 0 Å². The van der Waals surface area contributed by atoms with E-state index in [2.05, 4.69) is 34.4 Å². The van der Waals surface area contributed by atoms with Crippen molar-refractivity contribution in [3.63, 3.8) is 0 Å². The summed E-state index contributed by atoms with van der Waals surface area (Å²) in [4.78, 5) is 6.63. The number of ether oxygens (including phenoxy) is 1. The van der Waals surface area contributed by atoms with E-state index in [0.717, 1.165) is 26.3 Å². The molecular weight excluding hydrogens is 295 g/mol. The standard InChI is InChI=1S/C17H27FN4O/c1-13(22-8-9-23-12-14(22)2)10-20-17(19-3)21-11-15-6-4-5-7-16(15)18/h4-7,13-14H,8-12H2,1-3H3,(H2,19,20,21). The number of aliphatic imine (C=N–C) groups is 1. The van der Waals surface area contributed by atoms with E-state index in [9.17, 15) is 4.39 Å². The molecule has 1 heterocycles. The van der Waals surface area contributed by atoms with Crippen LogP contribution in [0.15, 0.2) is 29.3 Å². The van der Waals surface area contributed by atoms with Gasteiger partial charge in [0.2, 0.25) is 0 Å². The van der Waals surface area contributed by atoms with Crippen LogP contribution in [0.3, 0.4) is 0 Å². The van der Waals surface area contributed by atoms with Crippen molar-refractivity contribution in [2.24, 2.45) is 4.99 Å². The van der Waals surface area contributed by atoms with Crippen LogP contribution in [0.1, 0.15) is 19.4 Å². The van der Waals surface area contributed by atoms with Crippen molar-refractivity contribution in [2.75, 3.05) is 33.4 Å². The van der Waals surface area contributed by atoms with Crippen LogP contribution in [0.2, 0.25) is 0 Å². The van der Waals surface area contributed by atoms with Gasteiger partial charge < -0.3 is 15.4 Å². The molecule has 2 unspecified atom stereocenters. The first-order chi connectivity index (χ1) is 11.1. The highest BCUT2D eigenvalue weighted by Crippen LogP contribution is 2.10. The molecule has 2 N–H and O–H groups in total. The molecule has 0 aromatic heterocycles. The Hall–Kier alpha value is -1.66. The molecule has 1 aliphatic rings. The van der Waals surface area contributed by atoms with Gasteiger partial charge in [-0.05, 0) is 19.9 Å². The predicted molar refractivity (Wildman–Crippen MR) is 91.1 cm³/mol. The summed E-state index contributed by atoms with van der Waals surface area (Å²) in [6.07, 6.45) is 0. The van der Waals surface area contributed by atoms with Gasteiger partial charge >= 0.3 is 0 Å². The van der Waals surface area contributed by atoms with Crippen LogP contribution >= 0.6 is 0 Å². The van der Waals surface area contributed by atoms with Gasteiger partial charge in [0, 0.05) is 44.3 Å². The first kappa shape index (κ1) is 17.7. The topological polar surface area (TPSA) is 48.9 Å². The van der Waals surface area contributed by atoms with Gasteiger partial charge in [-0.3, -0.25) is 9.89 Å². The van der Waals surface area contributed by atoms with Crippen LogP contribution < -0.4 is 10.6 Å². The third kappa shape index (κ3) is 5.18. The van der Waals surface area contributed by atoms with Gasteiger partial charge in [-0.1, -0.05) is 18.2 Å². The lowest BCUT2D eigenvalue weighted by Gasteiger charge is -2.38. The SMILES string of the molecule is CN=C(NCc1ccccc1F)NCC(C)N1CCOCC1C. The van der Waals surface area contributed by atoms with Crippen molar-refractivity contribution in [1.29, 1.82) is 0 Å². The summed E-state index contributed by atoms with van der Waals surface area (Å²) in [5.74, 6) is 0.479. The fraction of sp³-hybridized carbons (Fsp3) is 0.588. The molecule has 0 radical (unpaired) electrons. The summed E-state index contributed by atoms with van der Waals surface area (Å²) < 4.78 is 19.1. The van der Waals surface area contributed by atoms with Crippen molar-refractivity contribution in [3.05, 3.63) is 35.6 Å². The Morgan fingerprint density at radius 3 is 2.91 bits per heavy atom. The second kappa shape index (κ2) is 8.84. The van der Waals surface area contributed by atoms with Crippen molar-refractivity contribution in [1.82, 2.24) is 15.5 Å². The molecule has 23 heavy (non-hydrogen) atoms. The number of nitrogens with zero attached hydrogens (tertiary/aromatic N) is 2. The zero-order valence-corrected chi connectivity index (χ0v) is 14.2. The molecule has 2 rings (SSSR count). The second-order valence-electron chi connectivity index (χ2n) is 5.91. The lowest BCUT2D eigenvalue weighted by molar-refractivity contribution is -0.0174. The minimum absolute atomic E-state index is 0.203. The summed E-state index contributed by atoms with van der Waals surface area (Å²) >= 11 is 0. The highest BCUT2D eigenvalue weighted by molar-refractivity contribution is 5.79. The molecule has 0 aliphatic carbocycles. The summed E-state index contributed by atoms with van der Waals surface area (Å²) in [6.45, 7) is 8.08. The van der Waals surface area contributed by atoms with Gasteiger partial charge in [0.25, 0.3) is 0 Å². The smallest absolute Gasteiger partial charge is 0.191 e. The van der Waals surface area contributed by atoms with E-state index in [4.69, 9.17) is 4.74 Å². The summed E-state index contributed by atoms with van der Waals surface area (Å²) in [5, 5.41) is 6.46. The molecule has 0 spiro atoms. The number of hydrogen-bond donors (Lipinski definition) is 2. The molecule has 128 valence electrons. The van der Waals surface area contributed by atoms with Crippen molar-refractivity contribution in [2.45, 2.75) is 32.5 Å². The molecule has 0 amide bonds. The van der Waals surface area contributed by atoms with Gasteiger partial charge in [-0.25, -0.2) is 4.39 Å². The van der Waals surface area contributed by atoms with Crippen molar-refractivity contribution < 1.29 is 9.13 Å². The molecule has 1 aromatic rings. The zero-order valence-electron chi connectivity index (χ0n) is 14.2. The first-order valence-corrected chi connectivity index (χ1v) is 8.13. The van der Waals surface area contributed by atoms with Crippen molar-refractivity contribution >= 4 is 5.96 Å². The molecule has 1 aliphatic heterocycles. The number of halogens is 1. The van der Waals surface area contributed by atoms with Gasteiger partial charge in [0.05, 0.1) is 13.2 Å². The molecule has 0 bridgehead atoms. The van der Waals surface area contributed by atoms with Crippen LogP contribution in [-0.2, 0) is 11.3 Å². The highest BCUT2D eigenvalue weighted by Gasteiger charge is 2.23. The minimum atomic E-state index is -0.203. The van der Waals surface area contributed by atoms with E-state index >= 15 is 0 Å². The molecule has 1 saturated heterocycles. The van der Waals surface area contributed by atoms with Gasteiger partial charge in [-0.15, -0.1) is 0 Å². The van der Waals surface area contributed by atoms with Crippen LogP contribution in [0.25, 0.3) is 0 Å². The Morgan fingerprint density at radius 2 is 2.22 bits per heavy atom. The first-order valence-electron chi connectivity index (χ1n) is 8.13. The van der Waals surface area contributed by atoms with Crippen LogP contribution in [-0.4, -0.2) is 56.3 Å². The summed E-state index contributed by atoms with van der Waals surface area (Å²) in [5.41, 5.74) is 0.630. The third-order valence-electron chi connectivity index (χ3n) is 4.18. The second-order valence-corrected chi connectivity index (χ2v) is 5.91. The van der Waals surface area contributed by atoms with Gasteiger partial charge in [0.15, 0.2) is 5.96 Å². The third-order valence-corrected chi connectivity index (χ3v) is 4.18. The number of morpholine rings is 1. The maximum atomic E-state index is 13.6. The number of guanidine groups is 1. The Labute approximate surface area is 137 Å². The van der Waals surface area contributed by atoms with E-state index in [1.807, 2.05) is 6.07 Å². The Balaban J connectivity index is 1.79. The van der Waals surface area contributed by atoms with E-state index in [-0.39, 0.29) is 5.82 Å². The minimum Gasteiger partial charge on any atom is -0.379 e. The van der Waals surface area contributed by atoms with E-state index in [1.54, 1.807) is 19.2 Å². The number of nitrogens with one attached hydrogen (secondary N) is 2. The molecule has 2 atom stereocenters. The number of rotatable bonds is 5.